The van der Waals surface area contributed by atoms with Crippen LogP contribution in [0.2, 0.25) is 0 Å². The molecule has 0 aliphatic carbocycles. The predicted molar refractivity (Wildman–Crippen MR) is 140 cm³/mol. The molecule has 0 atom stereocenters. The molecule has 12 heteroatoms. The second-order valence-corrected chi connectivity index (χ2v) is 11.5. The van der Waals surface area contributed by atoms with Gasteiger partial charge in [-0.25, -0.2) is 8.42 Å². The first-order valence-corrected chi connectivity index (χ1v) is 14.7. The first kappa shape index (κ1) is 26.7. The van der Waals surface area contributed by atoms with E-state index >= 15 is 0 Å². The van der Waals surface area contributed by atoms with Crippen LogP contribution < -0.4 is 4.74 Å². The lowest BCUT2D eigenvalue weighted by Crippen LogP contribution is -2.46. The van der Waals surface area contributed by atoms with E-state index in [9.17, 15) is 18.0 Å². The van der Waals surface area contributed by atoms with Crippen molar-refractivity contribution in [1.29, 1.82) is 0 Å². The highest BCUT2D eigenvalue weighted by atomic mass is 32.2. The Morgan fingerprint density at radius 2 is 1.62 bits per heavy atom. The van der Waals surface area contributed by atoms with Crippen molar-refractivity contribution in [3.05, 3.63) is 54.1 Å². The van der Waals surface area contributed by atoms with Crippen LogP contribution in [0.1, 0.15) is 18.9 Å². The minimum Gasteiger partial charge on any atom is -0.497 e. The van der Waals surface area contributed by atoms with Crippen LogP contribution in [0.5, 0.6) is 5.75 Å². The molecule has 1 aliphatic rings. The number of nitrogens with zero attached hydrogens (tertiary/aromatic N) is 5. The minimum atomic E-state index is -3.30. The third-order valence-corrected chi connectivity index (χ3v) is 8.10. The zero-order chi connectivity index (χ0) is 26.6. The second-order valence-electron chi connectivity index (χ2n) is 8.55. The van der Waals surface area contributed by atoms with Gasteiger partial charge in [0, 0.05) is 31.5 Å². The fraction of sp³-hybridized carbons (Fsp3) is 0.360. The van der Waals surface area contributed by atoms with Crippen molar-refractivity contribution in [2.75, 3.05) is 32.2 Å². The summed E-state index contributed by atoms with van der Waals surface area (Å²) in [5.74, 6) is 1.19. The summed E-state index contributed by atoms with van der Waals surface area (Å²) in [7, 11) is -1.69. The van der Waals surface area contributed by atoms with Crippen molar-refractivity contribution in [3.8, 4) is 17.1 Å². The summed E-state index contributed by atoms with van der Waals surface area (Å²) in [4.78, 5) is 26.2. The van der Waals surface area contributed by atoms with Gasteiger partial charge in [0.25, 0.3) is 5.91 Å². The minimum absolute atomic E-state index is 0.0797. The highest BCUT2D eigenvalue weighted by Crippen LogP contribution is 2.26. The lowest BCUT2D eigenvalue weighted by atomic mass is 10.1. The average Bonchev–Trinajstić information content (AvgIpc) is 3.54. The zero-order valence-electron chi connectivity index (χ0n) is 21.0. The molecule has 0 unspecified atom stereocenters. The highest BCUT2D eigenvalue weighted by molar-refractivity contribution is 7.99. The summed E-state index contributed by atoms with van der Waals surface area (Å²) in [6, 6.07) is 13.8. The molecule has 2 amide bonds. The number of sulfone groups is 1. The van der Waals surface area contributed by atoms with E-state index < -0.39 is 9.84 Å². The molecule has 0 N–H and O–H groups in total. The Bertz CT molecular complexity index is 1370. The number of carbonyl (C=O) groups excluding carboxylic acids is 2. The molecule has 1 aromatic heterocycles. The number of methoxy groups -OCH3 is 1. The molecule has 1 aliphatic heterocycles. The number of benzene rings is 2. The molecule has 37 heavy (non-hydrogen) atoms. The van der Waals surface area contributed by atoms with Gasteiger partial charge in [-0.3, -0.25) is 19.6 Å². The standard InChI is InChI=1S/C25H29N5O5S2/c1-4-28-24(19-8-10-20(35-2)11-9-19)26-27-25(28)36-17-23(32)30-15-5-14-29(30)22(31)16-18-6-12-21(13-7-18)37(3,33)34/h6-13H,4-5,14-17H2,1-3H3. The number of hydrazine groups is 1. The number of hydrogen-bond donors (Lipinski definition) is 0. The lowest BCUT2D eigenvalue weighted by Gasteiger charge is -2.28. The van der Waals surface area contributed by atoms with Crippen LogP contribution >= 0.6 is 11.8 Å². The summed E-state index contributed by atoms with van der Waals surface area (Å²) in [6.45, 7) is 3.56. The van der Waals surface area contributed by atoms with Crippen LogP contribution in [0.25, 0.3) is 11.4 Å². The number of carbonyl (C=O) groups is 2. The van der Waals surface area contributed by atoms with Gasteiger partial charge < -0.3 is 9.30 Å². The number of thioether (sulfide) groups is 1. The van der Waals surface area contributed by atoms with Crippen molar-refractivity contribution in [1.82, 2.24) is 24.8 Å². The first-order chi connectivity index (χ1) is 17.7. The Kier molecular flexibility index (Phi) is 8.18. The molecule has 196 valence electrons. The van der Waals surface area contributed by atoms with Crippen LogP contribution in [0.3, 0.4) is 0 Å². The Morgan fingerprint density at radius 3 is 2.22 bits per heavy atom. The topological polar surface area (TPSA) is 115 Å². The van der Waals surface area contributed by atoms with Gasteiger partial charge in [-0.15, -0.1) is 10.2 Å². The molecular formula is C25H29N5O5S2. The first-order valence-electron chi connectivity index (χ1n) is 11.8. The van der Waals surface area contributed by atoms with Crippen LogP contribution in [0, 0.1) is 0 Å². The molecule has 0 saturated carbocycles. The van der Waals surface area contributed by atoms with E-state index in [1.165, 1.54) is 33.9 Å². The third-order valence-electron chi connectivity index (χ3n) is 6.02. The van der Waals surface area contributed by atoms with Crippen molar-refractivity contribution in [2.24, 2.45) is 0 Å². The smallest absolute Gasteiger partial charge is 0.251 e. The van der Waals surface area contributed by atoms with Gasteiger partial charge in [0.15, 0.2) is 20.8 Å². The Labute approximate surface area is 220 Å². The normalized spacial score (nSPS) is 13.7. The van der Waals surface area contributed by atoms with Gasteiger partial charge in [0.05, 0.1) is 24.2 Å². The molecule has 0 radical (unpaired) electrons. The van der Waals surface area contributed by atoms with Gasteiger partial charge in [-0.05, 0) is 55.3 Å². The molecule has 1 saturated heterocycles. The van der Waals surface area contributed by atoms with Crippen LogP contribution in [0.4, 0.5) is 0 Å². The fourth-order valence-electron chi connectivity index (χ4n) is 4.09. The molecule has 4 rings (SSSR count). The molecule has 0 bridgehead atoms. The van der Waals surface area contributed by atoms with Crippen molar-refractivity contribution >= 4 is 33.4 Å². The summed E-state index contributed by atoms with van der Waals surface area (Å²) in [5.41, 5.74) is 1.59. The maximum atomic E-state index is 13.1. The third kappa shape index (κ3) is 6.13. The van der Waals surface area contributed by atoms with E-state index in [0.717, 1.165) is 17.6 Å². The van der Waals surface area contributed by atoms with Crippen molar-refractivity contribution < 1.29 is 22.7 Å². The number of aromatic nitrogens is 3. The highest BCUT2D eigenvalue weighted by Gasteiger charge is 2.31. The quantitative estimate of drug-likeness (QED) is 0.379. The molecule has 10 nitrogen and oxygen atoms in total. The van der Waals surface area contributed by atoms with E-state index in [1.807, 2.05) is 35.8 Å². The summed E-state index contributed by atoms with van der Waals surface area (Å²) in [5, 5.41) is 12.2. The Morgan fingerprint density at radius 1 is 0.973 bits per heavy atom. The lowest BCUT2D eigenvalue weighted by molar-refractivity contribution is -0.155. The maximum Gasteiger partial charge on any atom is 0.251 e. The number of rotatable bonds is 9. The van der Waals surface area contributed by atoms with Crippen LogP contribution in [0.15, 0.2) is 58.6 Å². The van der Waals surface area contributed by atoms with Gasteiger partial charge in [0.1, 0.15) is 5.75 Å². The number of ether oxygens (including phenoxy) is 1. The second kappa shape index (κ2) is 11.3. The zero-order valence-corrected chi connectivity index (χ0v) is 22.6. The van der Waals surface area contributed by atoms with Gasteiger partial charge in [-0.2, -0.15) is 0 Å². The molecule has 1 fully saturated rings. The number of amides is 2. The predicted octanol–water partition coefficient (Wildman–Crippen LogP) is 2.69. The molecule has 3 aromatic rings. The molecule has 2 aromatic carbocycles. The summed E-state index contributed by atoms with van der Waals surface area (Å²) in [6.07, 6.45) is 1.92. The maximum absolute atomic E-state index is 13.1. The Hall–Kier alpha value is -3.38. The summed E-state index contributed by atoms with van der Waals surface area (Å²) >= 11 is 1.29. The SMILES string of the molecule is CCn1c(SCC(=O)N2CCCN2C(=O)Cc2ccc(S(C)(=O)=O)cc2)nnc1-c1ccc(OC)cc1. The monoisotopic (exact) mass is 543 g/mol. The van der Waals surface area contributed by atoms with E-state index in [0.29, 0.717) is 42.6 Å². The number of hydrogen-bond acceptors (Lipinski definition) is 8. The van der Waals surface area contributed by atoms with E-state index in [4.69, 9.17) is 4.74 Å². The van der Waals surface area contributed by atoms with E-state index in [1.54, 1.807) is 19.2 Å². The summed E-state index contributed by atoms with van der Waals surface area (Å²) < 4.78 is 30.5. The van der Waals surface area contributed by atoms with Gasteiger partial charge in [0.2, 0.25) is 5.91 Å². The molecule has 0 spiro atoms. The van der Waals surface area contributed by atoms with Crippen LogP contribution in [-0.4, -0.2) is 77.2 Å². The van der Waals surface area contributed by atoms with Crippen molar-refractivity contribution in [3.63, 3.8) is 0 Å². The van der Waals surface area contributed by atoms with Crippen LogP contribution in [-0.2, 0) is 32.4 Å². The fourth-order valence-corrected chi connectivity index (χ4v) is 5.59. The van der Waals surface area contributed by atoms with E-state index in [2.05, 4.69) is 10.2 Å². The Balaban J connectivity index is 1.39. The van der Waals surface area contributed by atoms with E-state index in [-0.39, 0.29) is 28.9 Å². The molecular weight excluding hydrogens is 514 g/mol. The average molecular weight is 544 g/mol. The van der Waals surface area contributed by atoms with Gasteiger partial charge in [-0.1, -0.05) is 23.9 Å². The largest absolute Gasteiger partial charge is 0.497 e. The molecule has 2 heterocycles. The van der Waals surface area contributed by atoms with Gasteiger partial charge >= 0.3 is 0 Å². The van der Waals surface area contributed by atoms with Crippen molar-refractivity contribution in [2.45, 2.75) is 36.4 Å².